The van der Waals surface area contributed by atoms with Crippen LogP contribution in [-0.2, 0) is 14.6 Å². The van der Waals surface area contributed by atoms with E-state index < -0.39 is 27.5 Å². The molecule has 142 valence electrons. The second kappa shape index (κ2) is 7.26. The highest BCUT2D eigenvalue weighted by molar-refractivity contribution is 8.16. The van der Waals surface area contributed by atoms with Crippen LogP contribution in [0.3, 0.4) is 0 Å². The molecule has 26 heavy (non-hydrogen) atoms. The van der Waals surface area contributed by atoms with Crippen molar-refractivity contribution in [1.29, 1.82) is 0 Å². The summed E-state index contributed by atoms with van der Waals surface area (Å²) in [7, 11) is -3.24. The van der Waals surface area contributed by atoms with E-state index in [9.17, 15) is 22.0 Å². The van der Waals surface area contributed by atoms with Crippen molar-refractivity contribution >= 4 is 38.4 Å². The fraction of sp³-hybridized carbons (Fsp3) is 0.529. The summed E-state index contributed by atoms with van der Waals surface area (Å²) in [5.41, 5.74) is 0.0413. The number of nitrogens with zero attached hydrogens (tertiary/aromatic N) is 2. The number of carbonyl (C=O) groups excluding carboxylic acids is 1. The molecule has 0 spiro atoms. The third-order valence-corrected chi connectivity index (χ3v) is 7.99. The molecule has 0 aromatic heterocycles. The molecule has 3 rings (SSSR count). The predicted octanol–water partition coefficient (Wildman–Crippen LogP) is 3.00. The lowest BCUT2D eigenvalue weighted by Crippen LogP contribution is -2.38. The fourth-order valence-electron chi connectivity index (χ4n) is 3.35. The number of rotatable bonds is 4. The Kier molecular flexibility index (Phi) is 5.39. The van der Waals surface area contributed by atoms with Gasteiger partial charge < -0.3 is 4.90 Å². The van der Waals surface area contributed by atoms with Gasteiger partial charge in [0.1, 0.15) is 11.6 Å². The molecule has 0 radical (unpaired) electrons. The molecule has 1 aromatic rings. The highest BCUT2D eigenvalue weighted by atomic mass is 32.2. The number of hydrogen-bond acceptors (Lipinski definition) is 4. The molecule has 0 unspecified atom stereocenters. The second-order valence-corrected chi connectivity index (χ2v) is 9.87. The topological polar surface area (TPSA) is 66.8 Å². The summed E-state index contributed by atoms with van der Waals surface area (Å²) >= 11 is 1.18. The predicted molar refractivity (Wildman–Crippen MR) is 99.2 cm³/mol. The van der Waals surface area contributed by atoms with Crippen molar-refractivity contribution in [3.63, 3.8) is 0 Å². The van der Waals surface area contributed by atoms with E-state index in [4.69, 9.17) is 0 Å². The van der Waals surface area contributed by atoms with E-state index in [0.717, 1.165) is 12.1 Å². The summed E-state index contributed by atoms with van der Waals surface area (Å²) < 4.78 is 51.6. The van der Waals surface area contributed by atoms with Gasteiger partial charge in [-0.15, -0.1) is 0 Å². The van der Waals surface area contributed by atoms with Crippen LogP contribution in [0.2, 0.25) is 0 Å². The Morgan fingerprint density at radius 1 is 1.31 bits per heavy atom. The van der Waals surface area contributed by atoms with Crippen molar-refractivity contribution < 1.29 is 22.0 Å². The van der Waals surface area contributed by atoms with Gasteiger partial charge in [-0.05, 0) is 25.0 Å². The Hall–Kier alpha value is -1.48. The smallest absolute Gasteiger partial charge is 0.251 e. The molecule has 1 aromatic carbocycles. The van der Waals surface area contributed by atoms with Gasteiger partial charge in [0.15, 0.2) is 15.0 Å². The van der Waals surface area contributed by atoms with E-state index in [-0.39, 0.29) is 39.4 Å². The van der Waals surface area contributed by atoms with E-state index in [1.165, 1.54) is 22.7 Å². The van der Waals surface area contributed by atoms with Gasteiger partial charge in [-0.25, -0.2) is 17.2 Å². The van der Waals surface area contributed by atoms with Gasteiger partial charge in [0, 0.05) is 17.2 Å². The molecule has 0 bridgehead atoms. The van der Waals surface area contributed by atoms with Gasteiger partial charge in [-0.3, -0.25) is 4.79 Å². The maximum Gasteiger partial charge on any atom is 0.251 e. The minimum absolute atomic E-state index is 0.0413. The van der Waals surface area contributed by atoms with Crippen LogP contribution in [0.4, 0.5) is 14.5 Å². The number of amidine groups is 1. The van der Waals surface area contributed by atoms with E-state index in [1.807, 2.05) is 13.8 Å². The van der Waals surface area contributed by atoms with Gasteiger partial charge in [-0.2, -0.15) is 4.99 Å². The van der Waals surface area contributed by atoms with E-state index in [2.05, 4.69) is 4.99 Å². The zero-order chi connectivity index (χ0) is 19.1. The summed E-state index contributed by atoms with van der Waals surface area (Å²) in [6, 6.07) is 2.60. The average molecular weight is 402 g/mol. The number of thioether (sulfide) groups is 1. The first-order valence-electron chi connectivity index (χ1n) is 8.49. The van der Waals surface area contributed by atoms with Crippen molar-refractivity contribution in [3.8, 4) is 0 Å². The first-order chi connectivity index (χ1) is 12.3. The van der Waals surface area contributed by atoms with Crippen molar-refractivity contribution in [1.82, 2.24) is 0 Å². The number of aliphatic imine (C=N–C) groups is 1. The number of halogens is 2. The van der Waals surface area contributed by atoms with Gasteiger partial charge in [0.2, 0.25) is 0 Å². The Morgan fingerprint density at radius 3 is 2.62 bits per heavy atom. The highest BCUT2D eigenvalue weighted by Crippen LogP contribution is 2.42. The lowest BCUT2D eigenvalue weighted by molar-refractivity contribution is -0.121. The molecule has 9 heteroatoms. The zero-order valence-electron chi connectivity index (χ0n) is 14.5. The molecular formula is C17H20F2N2O3S2. The molecule has 2 heterocycles. The largest absolute Gasteiger partial charge is 0.313 e. The SMILES string of the molecule is CCC(CC)C(=O)N=C1S[C@@H]2CS(=O)(=O)C[C@H]2N1c1ccc(F)cc1F. The first kappa shape index (κ1) is 19.3. The molecular weight excluding hydrogens is 382 g/mol. The van der Waals surface area contributed by atoms with Crippen LogP contribution >= 0.6 is 11.8 Å². The molecule has 0 N–H and O–H groups in total. The zero-order valence-corrected chi connectivity index (χ0v) is 16.1. The summed E-state index contributed by atoms with van der Waals surface area (Å²) in [4.78, 5) is 18.1. The van der Waals surface area contributed by atoms with Crippen molar-refractivity contribution in [2.24, 2.45) is 10.9 Å². The number of hydrogen-bond donors (Lipinski definition) is 0. The number of amides is 1. The van der Waals surface area contributed by atoms with Gasteiger partial charge in [-0.1, -0.05) is 25.6 Å². The second-order valence-electron chi connectivity index (χ2n) is 6.51. The minimum atomic E-state index is -3.24. The van der Waals surface area contributed by atoms with Crippen LogP contribution in [0, 0.1) is 17.6 Å². The number of fused-ring (bicyclic) bond motifs is 1. The summed E-state index contributed by atoms with van der Waals surface area (Å²) in [6.07, 6.45) is 1.28. The Morgan fingerprint density at radius 2 is 2.00 bits per heavy atom. The fourth-order valence-corrected chi connectivity index (χ4v) is 7.26. The van der Waals surface area contributed by atoms with Crippen molar-refractivity contribution in [2.45, 2.75) is 38.0 Å². The maximum atomic E-state index is 14.4. The lowest BCUT2D eigenvalue weighted by Gasteiger charge is -2.25. The molecule has 2 aliphatic heterocycles. The van der Waals surface area contributed by atoms with Crippen LogP contribution in [0.5, 0.6) is 0 Å². The van der Waals surface area contributed by atoms with Crippen LogP contribution < -0.4 is 4.90 Å². The summed E-state index contributed by atoms with van der Waals surface area (Å²) in [6.45, 7) is 3.79. The Bertz CT molecular complexity index is 854. The third-order valence-electron chi connectivity index (χ3n) is 4.78. The first-order valence-corrected chi connectivity index (χ1v) is 11.2. The number of sulfone groups is 1. The average Bonchev–Trinajstić information content (AvgIpc) is 3.00. The molecule has 5 nitrogen and oxygen atoms in total. The normalized spacial score (nSPS) is 25.9. The quantitative estimate of drug-likeness (QED) is 0.775. The minimum Gasteiger partial charge on any atom is -0.313 e. The molecule has 2 atom stereocenters. The number of carbonyl (C=O) groups is 1. The van der Waals surface area contributed by atoms with Crippen LogP contribution in [0.1, 0.15) is 26.7 Å². The molecule has 2 saturated heterocycles. The molecule has 2 fully saturated rings. The monoisotopic (exact) mass is 402 g/mol. The number of anilines is 1. The van der Waals surface area contributed by atoms with Crippen molar-refractivity contribution in [2.75, 3.05) is 16.4 Å². The van der Waals surface area contributed by atoms with Crippen LogP contribution in [0.25, 0.3) is 0 Å². The van der Waals surface area contributed by atoms with Crippen molar-refractivity contribution in [3.05, 3.63) is 29.8 Å². The molecule has 0 aliphatic carbocycles. The Balaban J connectivity index is 2.02. The van der Waals surface area contributed by atoms with E-state index in [0.29, 0.717) is 12.8 Å². The summed E-state index contributed by atoms with van der Waals surface area (Å²) in [5, 5.41) is -0.0324. The van der Waals surface area contributed by atoms with Gasteiger partial charge in [0.25, 0.3) is 5.91 Å². The lowest BCUT2D eigenvalue weighted by atomic mass is 10.0. The van der Waals surface area contributed by atoms with Gasteiger partial charge in [0.05, 0.1) is 23.2 Å². The Labute approximate surface area is 155 Å². The van der Waals surface area contributed by atoms with Crippen LogP contribution in [-0.4, -0.2) is 42.3 Å². The van der Waals surface area contributed by atoms with E-state index in [1.54, 1.807) is 0 Å². The third kappa shape index (κ3) is 3.64. The highest BCUT2D eigenvalue weighted by Gasteiger charge is 2.50. The molecule has 2 aliphatic rings. The van der Waals surface area contributed by atoms with Crippen LogP contribution in [0.15, 0.2) is 23.2 Å². The summed E-state index contributed by atoms with van der Waals surface area (Å²) in [5.74, 6) is -2.24. The standard InChI is InChI=1S/C17H20F2N2O3S2/c1-3-10(4-2)16(22)20-17-21(13-6-5-11(18)7-12(13)19)14-8-26(23,24)9-15(14)25-17/h5-7,10,14-15H,3-4,8-9H2,1-2H3/t14-,15-/m1/s1. The molecule has 0 saturated carbocycles. The maximum absolute atomic E-state index is 14.4. The van der Waals surface area contributed by atoms with Gasteiger partial charge >= 0.3 is 0 Å². The van der Waals surface area contributed by atoms with E-state index >= 15 is 0 Å². The number of benzene rings is 1. The molecule has 1 amide bonds.